The molecule has 0 N–H and O–H groups in total. The minimum atomic E-state index is 0.621. The van der Waals surface area contributed by atoms with Gasteiger partial charge in [0.25, 0.3) is 0 Å². The van der Waals surface area contributed by atoms with Crippen LogP contribution in [-0.4, -0.2) is 0 Å². The van der Waals surface area contributed by atoms with Crippen LogP contribution in [0.2, 0.25) is 0 Å². The Morgan fingerprint density at radius 1 is 1.42 bits per heavy atom. The molecule has 0 spiro atoms. The van der Waals surface area contributed by atoms with Crippen molar-refractivity contribution in [3.63, 3.8) is 0 Å². The van der Waals surface area contributed by atoms with E-state index in [2.05, 4.69) is 13.0 Å². The van der Waals surface area contributed by atoms with E-state index in [0.717, 1.165) is 12.3 Å². The lowest BCUT2D eigenvalue weighted by Gasteiger charge is -2.11. The monoisotopic (exact) mass is 165 g/mol. The maximum Gasteiger partial charge on any atom is 0.0624 e. The molecule has 0 heterocycles. The smallest absolute Gasteiger partial charge is 0.0624 e. The van der Waals surface area contributed by atoms with E-state index >= 15 is 0 Å². The average Bonchev–Trinajstić information content (AvgIpc) is 2.53. The Hall–Kier alpha value is -0.510. The zero-order valence-corrected chi connectivity index (χ0v) is 8.05. The molecular weight excluding hydrogens is 146 g/mol. The molecule has 1 aliphatic carbocycles. The molecule has 1 rings (SSSR count). The molecule has 1 aliphatic rings. The quantitative estimate of drug-likeness (QED) is 0.625. The van der Waals surface area contributed by atoms with Gasteiger partial charge >= 0.3 is 0 Å². The fourth-order valence-corrected chi connectivity index (χ4v) is 2.08. The summed E-state index contributed by atoms with van der Waals surface area (Å²) in [6.07, 6.45) is 9.14. The van der Waals surface area contributed by atoms with Gasteiger partial charge in [-0.3, -0.25) is 0 Å². The van der Waals surface area contributed by atoms with Crippen molar-refractivity contribution in [1.82, 2.24) is 0 Å². The van der Waals surface area contributed by atoms with E-state index in [1.165, 1.54) is 38.5 Å². The minimum Gasteiger partial charge on any atom is -0.198 e. The first-order valence-corrected chi connectivity index (χ1v) is 5.20. The summed E-state index contributed by atoms with van der Waals surface area (Å²) in [5.74, 6) is 1.61. The Kier molecular flexibility index (Phi) is 4.14. The zero-order chi connectivity index (χ0) is 8.81. The number of nitrogens with zero attached hydrogens (tertiary/aromatic N) is 1. The van der Waals surface area contributed by atoms with Crippen LogP contribution >= 0.6 is 0 Å². The topological polar surface area (TPSA) is 23.8 Å². The molecule has 0 amide bonds. The fourth-order valence-electron chi connectivity index (χ4n) is 2.08. The molecule has 1 nitrogen and oxygen atoms in total. The van der Waals surface area contributed by atoms with E-state index in [9.17, 15) is 0 Å². The summed E-state index contributed by atoms with van der Waals surface area (Å²) >= 11 is 0. The Morgan fingerprint density at radius 2 is 2.08 bits per heavy atom. The van der Waals surface area contributed by atoms with Crippen LogP contribution in [0.15, 0.2) is 0 Å². The maximum absolute atomic E-state index is 8.48. The standard InChI is InChI=1S/C11H19N/c1-10(8-9-12)6-7-11-4-2-3-5-11/h10-11H,2-8H2,1H3. The molecule has 12 heavy (non-hydrogen) atoms. The van der Waals surface area contributed by atoms with E-state index in [0.29, 0.717) is 5.92 Å². The predicted octanol–water partition coefficient (Wildman–Crippen LogP) is 3.51. The van der Waals surface area contributed by atoms with Gasteiger partial charge in [-0.15, -0.1) is 0 Å². The predicted molar refractivity (Wildman–Crippen MR) is 50.6 cm³/mol. The van der Waals surface area contributed by atoms with Gasteiger partial charge in [0.1, 0.15) is 0 Å². The van der Waals surface area contributed by atoms with Crippen molar-refractivity contribution in [3.8, 4) is 6.07 Å². The molecule has 68 valence electrons. The second-order valence-electron chi connectivity index (χ2n) is 4.20. The SMILES string of the molecule is CC(CC#N)CCC1CCCC1. The van der Waals surface area contributed by atoms with E-state index < -0.39 is 0 Å². The summed E-state index contributed by atoms with van der Waals surface area (Å²) < 4.78 is 0. The first-order valence-electron chi connectivity index (χ1n) is 5.20. The van der Waals surface area contributed by atoms with Gasteiger partial charge in [-0.2, -0.15) is 5.26 Å². The van der Waals surface area contributed by atoms with Crippen LogP contribution in [0.1, 0.15) is 51.9 Å². The normalized spacial score (nSPS) is 20.7. The van der Waals surface area contributed by atoms with Gasteiger partial charge in [0.05, 0.1) is 6.07 Å². The summed E-state index contributed by atoms with van der Waals surface area (Å²) in [6.45, 7) is 2.19. The van der Waals surface area contributed by atoms with Gasteiger partial charge < -0.3 is 0 Å². The number of hydrogen-bond donors (Lipinski definition) is 0. The summed E-state index contributed by atoms with van der Waals surface area (Å²) in [5, 5.41) is 8.48. The highest BCUT2D eigenvalue weighted by Crippen LogP contribution is 2.30. The molecule has 0 aliphatic heterocycles. The van der Waals surface area contributed by atoms with Gasteiger partial charge in [0, 0.05) is 6.42 Å². The third-order valence-corrected chi connectivity index (χ3v) is 2.98. The van der Waals surface area contributed by atoms with Crippen molar-refractivity contribution < 1.29 is 0 Å². The second kappa shape index (κ2) is 5.19. The zero-order valence-electron chi connectivity index (χ0n) is 8.05. The minimum absolute atomic E-state index is 0.621. The van der Waals surface area contributed by atoms with Crippen LogP contribution in [-0.2, 0) is 0 Å². The van der Waals surface area contributed by atoms with Crippen LogP contribution < -0.4 is 0 Å². The molecule has 1 saturated carbocycles. The number of hydrogen-bond acceptors (Lipinski definition) is 1. The van der Waals surface area contributed by atoms with Crippen LogP contribution in [0.5, 0.6) is 0 Å². The molecule has 0 aromatic rings. The van der Waals surface area contributed by atoms with Gasteiger partial charge in [-0.05, 0) is 18.3 Å². The summed E-state index contributed by atoms with van der Waals surface area (Å²) in [7, 11) is 0. The Bertz CT molecular complexity index is 151. The number of nitriles is 1. The first-order chi connectivity index (χ1) is 5.83. The molecule has 0 bridgehead atoms. The molecular formula is C11H19N. The van der Waals surface area contributed by atoms with Gasteiger partial charge in [0.15, 0.2) is 0 Å². The lowest BCUT2D eigenvalue weighted by molar-refractivity contribution is 0.419. The van der Waals surface area contributed by atoms with Crippen molar-refractivity contribution in [2.45, 2.75) is 51.9 Å². The van der Waals surface area contributed by atoms with Crippen molar-refractivity contribution in [3.05, 3.63) is 0 Å². The van der Waals surface area contributed by atoms with Crippen LogP contribution in [0.25, 0.3) is 0 Å². The van der Waals surface area contributed by atoms with E-state index in [-0.39, 0.29) is 0 Å². The summed E-state index contributed by atoms with van der Waals surface area (Å²) in [4.78, 5) is 0. The molecule has 1 fully saturated rings. The van der Waals surface area contributed by atoms with Crippen LogP contribution in [0, 0.1) is 23.2 Å². The molecule has 1 heteroatoms. The molecule has 0 saturated heterocycles. The van der Waals surface area contributed by atoms with Crippen molar-refractivity contribution in [2.75, 3.05) is 0 Å². The lowest BCUT2D eigenvalue weighted by atomic mass is 9.94. The highest BCUT2D eigenvalue weighted by atomic mass is 14.2. The third kappa shape index (κ3) is 3.26. The van der Waals surface area contributed by atoms with Gasteiger partial charge in [-0.25, -0.2) is 0 Å². The number of rotatable bonds is 4. The maximum atomic E-state index is 8.48. The molecule has 1 atom stereocenters. The highest BCUT2D eigenvalue weighted by Gasteiger charge is 2.15. The largest absolute Gasteiger partial charge is 0.198 e. The van der Waals surface area contributed by atoms with Crippen molar-refractivity contribution in [2.24, 2.45) is 11.8 Å². The lowest BCUT2D eigenvalue weighted by Crippen LogP contribution is -1.99. The van der Waals surface area contributed by atoms with Crippen LogP contribution in [0.3, 0.4) is 0 Å². The average molecular weight is 165 g/mol. The molecule has 0 aromatic carbocycles. The van der Waals surface area contributed by atoms with Crippen molar-refractivity contribution >= 4 is 0 Å². The van der Waals surface area contributed by atoms with E-state index in [1.54, 1.807) is 0 Å². The van der Waals surface area contributed by atoms with Crippen LogP contribution in [0.4, 0.5) is 0 Å². The van der Waals surface area contributed by atoms with Gasteiger partial charge in [-0.1, -0.05) is 39.0 Å². The fraction of sp³-hybridized carbons (Fsp3) is 0.909. The Balaban J connectivity index is 2.04. The van der Waals surface area contributed by atoms with Crippen molar-refractivity contribution in [1.29, 1.82) is 5.26 Å². The molecule has 1 unspecified atom stereocenters. The summed E-state index contributed by atoms with van der Waals surface area (Å²) in [5.41, 5.74) is 0. The molecule has 0 radical (unpaired) electrons. The van der Waals surface area contributed by atoms with E-state index in [1.807, 2.05) is 0 Å². The summed E-state index contributed by atoms with van der Waals surface area (Å²) in [6, 6.07) is 2.24. The first kappa shape index (κ1) is 9.58. The Morgan fingerprint density at radius 3 is 2.67 bits per heavy atom. The highest BCUT2D eigenvalue weighted by molar-refractivity contribution is 4.75. The van der Waals surface area contributed by atoms with E-state index in [4.69, 9.17) is 5.26 Å². The van der Waals surface area contributed by atoms with Gasteiger partial charge in [0.2, 0.25) is 0 Å². The third-order valence-electron chi connectivity index (χ3n) is 2.98. The molecule has 0 aromatic heterocycles. The Labute approximate surface area is 75.8 Å². The second-order valence-corrected chi connectivity index (χ2v) is 4.20.